The van der Waals surface area contributed by atoms with Gasteiger partial charge in [-0.1, -0.05) is 30.3 Å². The first-order valence-electron chi connectivity index (χ1n) is 9.54. The molecule has 158 valence electrons. The van der Waals surface area contributed by atoms with Crippen molar-refractivity contribution in [1.82, 2.24) is 24.1 Å². The fraction of sp³-hybridized carbons (Fsp3) is 0.190. The molecular weight excluding hydrogens is 400 g/mol. The van der Waals surface area contributed by atoms with Crippen molar-refractivity contribution in [2.75, 3.05) is 11.9 Å². The largest absolute Gasteiger partial charge is 0.465 e. The summed E-state index contributed by atoms with van der Waals surface area (Å²) < 4.78 is 2.19. The van der Waals surface area contributed by atoms with Gasteiger partial charge in [0.15, 0.2) is 5.65 Å². The van der Waals surface area contributed by atoms with E-state index in [1.54, 1.807) is 0 Å². The molecule has 3 heterocycles. The lowest BCUT2D eigenvalue weighted by molar-refractivity contribution is 0.209. The van der Waals surface area contributed by atoms with Gasteiger partial charge in [-0.2, -0.15) is 0 Å². The van der Waals surface area contributed by atoms with Gasteiger partial charge in [0.2, 0.25) is 5.95 Å². The minimum Gasteiger partial charge on any atom is -0.465 e. The molecule has 0 aliphatic carbocycles. The number of amides is 1. The molecular formula is C21H20N6O4. The second kappa shape index (κ2) is 8.00. The third kappa shape index (κ3) is 3.76. The van der Waals surface area contributed by atoms with Crippen molar-refractivity contribution in [2.45, 2.75) is 20.4 Å². The van der Waals surface area contributed by atoms with Gasteiger partial charge in [-0.15, -0.1) is 5.10 Å². The first-order valence-corrected chi connectivity index (χ1v) is 9.54. The number of pyridine rings is 1. The molecule has 3 N–H and O–H groups in total. The van der Waals surface area contributed by atoms with Crippen molar-refractivity contribution in [1.29, 1.82) is 0 Å². The van der Waals surface area contributed by atoms with Crippen molar-refractivity contribution in [3.05, 3.63) is 64.3 Å². The van der Waals surface area contributed by atoms with E-state index in [1.807, 2.05) is 56.3 Å². The Labute approximate surface area is 176 Å². The van der Waals surface area contributed by atoms with Crippen LogP contribution >= 0.6 is 0 Å². The van der Waals surface area contributed by atoms with Crippen LogP contribution in [0, 0.1) is 13.8 Å². The van der Waals surface area contributed by atoms with Gasteiger partial charge in [-0.05, 0) is 31.5 Å². The molecule has 0 spiro atoms. The molecule has 1 amide bonds. The summed E-state index contributed by atoms with van der Waals surface area (Å²) in [5.74, 6) is -0.179. The zero-order chi connectivity index (χ0) is 22.1. The number of carboxylic acid groups (broad SMARTS) is 1. The van der Waals surface area contributed by atoms with Gasteiger partial charge in [0.05, 0.1) is 24.4 Å². The van der Waals surface area contributed by atoms with E-state index >= 15 is 0 Å². The SMILES string of the molecule is Cc1cc(-c2c(-c3ccccc3)nc(NC(=O)O)n3c(=O)n(CCO)nc23)cc(C)n1. The standard InChI is InChI=1S/C21H20N6O4/c1-12-10-15(11-13(2)22-12)16-17(14-6-4-3-5-7-14)23-19(24-20(29)30)27-18(16)25-26(8-9-28)21(27)31/h3-7,10-11,28H,8-9H2,1-2H3,(H,23,24)(H,29,30). The Kier molecular flexibility index (Phi) is 5.22. The lowest BCUT2D eigenvalue weighted by Crippen LogP contribution is -2.25. The van der Waals surface area contributed by atoms with Crippen molar-refractivity contribution < 1.29 is 15.0 Å². The molecule has 1 aromatic carbocycles. The quantitative estimate of drug-likeness (QED) is 0.451. The molecule has 0 saturated carbocycles. The Morgan fingerprint density at radius 3 is 2.35 bits per heavy atom. The highest BCUT2D eigenvalue weighted by molar-refractivity contribution is 5.92. The minimum absolute atomic E-state index is 0.0401. The van der Waals surface area contributed by atoms with E-state index in [0.717, 1.165) is 31.6 Å². The molecule has 3 aromatic heterocycles. The Bertz CT molecular complexity index is 1320. The van der Waals surface area contributed by atoms with E-state index in [0.29, 0.717) is 11.3 Å². The Hall–Kier alpha value is -4.05. The maximum atomic E-state index is 13.0. The summed E-state index contributed by atoms with van der Waals surface area (Å²) in [5, 5.41) is 25.2. The number of aliphatic hydroxyl groups excluding tert-OH is 1. The molecule has 10 nitrogen and oxygen atoms in total. The van der Waals surface area contributed by atoms with Gasteiger partial charge in [0.1, 0.15) is 0 Å². The van der Waals surface area contributed by atoms with Gasteiger partial charge in [0.25, 0.3) is 0 Å². The monoisotopic (exact) mass is 420 g/mol. The summed E-state index contributed by atoms with van der Waals surface area (Å²) in [6, 6.07) is 12.9. The van der Waals surface area contributed by atoms with Crippen molar-refractivity contribution >= 4 is 17.7 Å². The Morgan fingerprint density at radius 1 is 1.06 bits per heavy atom. The van der Waals surface area contributed by atoms with Gasteiger partial charge < -0.3 is 10.2 Å². The van der Waals surface area contributed by atoms with Gasteiger partial charge >= 0.3 is 11.8 Å². The van der Waals surface area contributed by atoms with E-state index in [1.165, 1.54) is 0 Å². The van der Waals surface area contributed by atoms with Crippen molar-refractivity contribution in [2.24, 2.45) is 0 Å². The lowest BCUT2D eigenvalue weighted by Gasteiger charge is -2.14. The molecule has 0 fully saturated rings. The van der Waals surface area contributed by atoms with E-state index in [2.05, 4.69) is 20.4 Å². The van der Waals surface area contributed by atoms with Crippen LogP contribution in [0.2, 0.25) is 0 Å². The van der Waals surface area contributed by atoms with Gasteiger partial charge in [0, 0.05) is 17.0 Å². The normalized spacial score (nSPS) is 11.1. The van der Waals surface area contributed by atoms with Crippen LogP contribution in [0.5, 0.6) is 0 Å². The molecule has 0 aliphatic rings. The van der Waals surface area contributed by atoms with Crippen LogP contribution in [0.15, 0.2) is 47.3 Å². The molecule has 4 aromatic rings. The first-order chi connectivity index (χ1) is 14.9. The summed E-state index contributed by atoms with van der Waals surface area (Å²) in [6.45, 7) is 3.38. The molecule has 0 saturated heterocycles. The molecule has 4 rings (SSSR count). The minimum atomic E-state index is -1.36. The van der Waals surface area contributed by atoms with E-state index in [-0.39, 0.29) is 24.7 Å². The summed E-state index contributed by atoms with van der Waals surface area (Å²) in [5.41, 5.74) is 3.65. The number of nitrogens with zero attached hydrogens (tertiary/aromatic N) is 5. The number of fused-ring (bicyclic) bond motifs is 1. The number of anilines is 1. The number of aliphatic hydroxyl groups is 1. The highest BCUT2D eigenvalue weighted by Crippen LogP contribution is 2.35. The molecule has 0 bridgehead atoms. The van der Waals surface area contributed by atoms with Crippen LogP contribution in [0.1, 0.15) is 11.4 Å². The molecule has 0 aliphatic heterocycles. The second-order valence-corrected chi connectivity index (χ2v) is 6.98. The van der Waals surface area contributed by atoms with E-state index < -0.39 is 11.8 Å². The molecule has 31 heavy (non-hydrogen) atoms. The van der Waals surface area contributed by atoms with Crippen LogP contribution in [0.25, 0.3) is 28.0 Å². The third-order valence-corrected chi connectivity index (χ3v) is 4.68. The third-order valence-electron chi connectivity index (χ3n) is 4.68. The fourth-order valence-corrected chi connectivity index (χ4v) is 3.55. The van der Waals surface area contributed by atoms with Gasteiger partial charge in [-0.25, -0.2) is 23.7 Å². The van der Waals surface area contributed by atoms with Crippen LogP contribution in [0.4, 0.5) is 10.7 Å². The number of hydrogen-bond donors (Lipinski definition) is 3. The number of aromatic nitrogens is 5. The molecule has 10 heteroatoms. The summed E-state index contributed by atoms with van der Waals surface area (Å²) in [7, 11) is 0. The van der Waals surface area contributed by atoms with Crippen LogP contribution < -0.4 is 11.0 Å². The smallest absolute Gasteiger partial charge is 0.411 e. The number of nitrogens with one attached hydrogen (secondary N) is 1. The van der Waals surface area contributed by atoms with Crippen molar-refractivity contribution in [3.8, 4) is 22.4 Å². The highest BCUT2D eigenvalue weighted by atomic mass is 16.4. The molecule has 0 atom stereocenters. The lowest BCUT2D eigenvalue weighted by atomic mass is 9.99. The van der Waals surface area contributed by atoms with Crippen LogP contribution in [0.3, 0.4) is 0 Å². The average Bonchev–Trinajstić information content (AvgIpc) is 3.04. The number of benzene rings is 1. The predicted octanol–water partition coefficient (Wildman–Crippen LogP) is 2.32. The van der Waals surface area contributed by atoms with Crippen LogP contribution in [-0.2, 0) is 6.54 Å². The maximum absolute atomic E-state index is 13.0. The fourth-order valence-electron chi connectivity index (χ4n) is 3.55. The number of rotatable bonds is 5. The second-order valence-electron chi connectivity index (χ2n) is 6.98. The van der Waals surface area contributed by atoms with E-state index in [4.69, 9.17) is 0 Å². The molecule has 0 radical (unpaired) electrons. The van der Waals surface area contributed by atoms with Crippen LogP contribution in [-0.4, -0.2) is 47.1 Å². The zero-order valence-electron chi connectivity index (χ0n) is 16.9. The maximum Gasteiger partial charge on any atom is 0.411 e. The van der Waals surface area contributed by atoms with E-state index in [9.17, 15) is 19.8 Å². The van der Waals surface area contributed by atoms with Gasteiger partial charge in [-0.3, -0.25) is 10.3 Å². The summed E-state index contributed by atoms with van der Waals surface area (Å²) >= 11 is 0. The summed E-state index contributed by atoms with van der Waals surface area (Å²) in [4.78, 5) is 33.3. The first kappa shape index (κ1) is 20.2. The van der Waals surface area contributed by atoms with Crippen molar-refractivity contribution in [3.63, 3.8) is 0 Å². The predicted molar refractivity (Wildman–Crippen MR) is 114 cm³/mol. The highest BCUT2D eigenvalue weighted by Gasteiger charge is 2.23. The Morgan fingerprint density at radius 2 is 1.74 bits per heavy atom. The topological polar surface area (TPSA) is 135 Å². The average molecular weight is 420 g/mol. The summed E-state index contributed by atoms with van der Waals surface area (Å²) in [6.07, 6.45) is -1.36. The number of aryl methyl sites for hydroxylation is 2. The number of hydrogen-bond acceptors (Lipinski definition) is 6. The number of carbonyl (C=O) groups is 1. The molecule has 0 unspecified atom stereocenters. The zero-order valence-corrected chi connectivity index (χ0v) is 16.9. The Balaban J connectivity index is 2.18.